The number of aromatic nitrogens is 2. The summed E-state index contributed by atoms with van der Waals surface area (Å²) in [4.78, 5) is 16.2. The molecule has 1 N–H and O–H groups in total. The predicted octanol–water partition coefficient (Wildman–Crippen LogP) is 3.30. The molecule has 0 spiro atoms. The van der Waals surface area contributed by atoms with Crippen molar-refractivity contribution in [3.8, 4) is 0 Å². The maximum Gasteiger partial charge on any atom is 0.221 e. The fraction of sp³-hybridized carbons (Fsp3) is 0.429. The van der Waals surface area contributed by atoms with Crippen LogP contribution in [0.25, 0.3) is 11.0 Å². The molecule has 0 unspecified atom stereocenters. The average molecular weight is 406 g/mol. The topological polar surface area (TPSA) is 46.9 Å². The van der Waals surface area contributed by atoms with E-state index < -0.39 is 0 Å². The summed E-state index contributed by atoms with van der Waals surface area (Å²) in [5.74, 6) is 1.23. The van der Waals surface area contributed by atoms with E-state index in [1.807, 2.05) is 29.7 Å². The molecule has 108 valence electrons. The number of benzene rings is 1. The summed E-state index contributed by atoms with van der Waals surface area (Å²) in [5.41, 5.74) is 1.96. The van der Waals surface area contributed by atoms with Crippen LogP contribution in [-0.4, -0.2) is 22.0 Å². The second-order valence-electron chi connectivity index (χ2n) is 4.55. The van der Waals surface area contributed by atoms with Crippen LogP contribution in [0, 0.1) is 3.57 Å². The summed E-state index contributed by atoms with van der Waals surface area (Å²) in [5, 5.41) is 2.88. The van der Waals surface area contributed by atoms with Crippen LogP contribution in [0.3, 0.4) is 0 Å². The number of amides is 1. The van der Waals surface area contributed by atoms with E-state index in [1.165, 1.54) is 0 Å². The van der Waals surface area contributed by atoms with Gasteiger partial charge in [0.1, 0.15) is 5.82 Å². The predicted molar refractivity (Wildman–Crippen MR) is 89.9 cm³/mol. The average Bonchev–Trinajstić information content (AvgIpc) is 2.79. The van der Waals surface area contributed by atoms with Crippen LogP contribution in [0.4, 0.5) is 0 Å². The molecule has 2 rings (SSSR count). The number of rotatable bonds is 6. The lowest BCUT2D eigenvalue weighted by atomic mass is 10.3. The van der Waals surface area contributed by atoms with E-state index in [2.05, 4.69) is 32.9 Å². The van der Waals surface area contributed by atoms with Crippen LogP contribution in [0.15, 0.2) is 18.2 Å². The molecule has 0 aliphatic heterocycles. The van der Waals surface area contributed by atoms with Crippen molar-refractivity contribution in [1.82, 2.24) is 14.9 Å². The molecule has 1 amide bonds. The highest BCUT2D eigenvalue weighted by molar-refractivity contribution is 14.1. The lowest BCUT2D eigenvalue weighted by Crippen LogP contribution is -2.25. The summed E-state index contributed by atoms with van der Waals surface area (Å²) >= 11 is 8.22. The Balaban J connectivity index is 2.18. The van der Waals surface area contributed by atoms with Crippen molar-refractivity contribution in [2.45, 2.75) is 32.2 Å². The molecule has 1 heterocycles. The molecule has 0 fully saturated rings. The van der Waals surface area contributed by atoms with E-state index in [1.54, 1.807) is 0 Å². The van der Waals surface area contributed by atoms with E-state index in [0.717, 1.165) is 33.4 Å². The number of imidazole rings is 1. The number of carbonyl (C=O) groups is 1. The lowest BCUT2D eigenvalue weighted by Gasteiger charge is -2.08. The highest BCUT2D eigenvalue weighted by atomic mass is 127. The SMILES string of the molecule is CCCNC(=O)CCn1c(CCl)nc2cc(I)ccc21. The van der Waals surface area contributed by atoms with Crippen LogP contribution < -0.4 is 5.32 Å². The molecule has 1 aromatic carbocycles. The largest absolute Gasteiger partial charge is 0.356 e. The summed E-state index contributed by atoms with van der Waals surface area (Å²) in [7, 11) is 0. The zero-order valence-corrected chi connectivity index (χ0v) is 14.2. The van der Waals surface area contributed by atoms with Gasteiger partial charge in [-0.05, 0) is 47.2 Å². The molecular weight excluding hydrogens is 389 g/mol. The molecule has 2 aromatic rings. The van der Waals surface area contributed by atoms with Gasteiger partial charge in [-0.3, -0.25) is 4.79 Å². The van der Waals surface area contributed by atoms with Gasteiger partial charge in [0.2, 0.25) is 5.91 Å². The normalized spacial score (nSPS) is 10.9. The van der Waals surface area contributed by atoms with Crippen LogP contribution in [0.5, 0.6) is 0 Å². The van der Waals surface area contributed by atoms with Crippen molar-refractivity contribution < 1.29 is 4.79 Å². The molecular formula is C14H17ClIN3O. The molecule has 0 bridgehead atoms. The fourth-order valence-corrected chi connectivity index (χ4v) is 2.75. The second kappa shape index (κ2) is 7.26. The van der Waals surface area contributed by atoms with Crippen molar-refractivity contribution >= 4 is 51.1 Å². The van der Waals surface area contributed by atoms with Crippen molar-refractivity contribution in [3.05, 3.63) is 27.6 Å². The number of nitrogens with one attached hydrogen (secondary N) is 1. The minimum atomic E-state index is 0.0692. The van der Waals surface area contributed by atoms with Gasteiger partial charge in [0.15, 0.2) is 0 Å². The minimum absolute atomic E-state index is 0.0692. The molecule has 4 nitrogen and oxygen atoms in total. The molecule has 0 aliphatic carbocycles. The Bertz CT molecular complexity index is 612. The third-order valence-corrected chi connectivity index (χ3v) is 3.95. The first-order valence-corrected chi connectivity index (χ1v) is 8.24. The molecule has 0 radical (unpaired) electrons. The van der Waals surface area contributed by atoms with Gasteiger partial charge < -0.3 is 9.88 Å². The first kappa shape index (κ1) is 15.6. The van der Waals surface area contributed by atoms with Gasteiger partial charge in [-0.2, -0.15) is 0 Å². The van der Waals surface area contributed by atoms with Gasteiger partial charge in [-0.15, -0.1) is 11.6 Å². The number of halogens is 2. The molecule has 0 aliphatic rings. The van der Waals surface area contributed by atoms with Gasteiger partial charge >= 0.3 is 0 Å². The highest BCUT2D eigenvalue weighted by Gasteiger charge is 2.11. The molecule has 20 heavy (non-hydrogen) atoms. The van der Waals surface area contributed by atoms with Gasteiger partial charge in [0, 0.05) is 23.1 Å². The lowest BCUT2D eigenvalue weighted by molar-refractivity contribution is -0.121. The molecule has 0 saturated heterocycles. The first-order chi connectivity index (χ1) is 9.65. The zero-order valence-electron chi connectivity index (χ0n) is 11.3. The number of carbonyl (C=O) groups excluding carboxylic acids is 1. The Morgan fingerprint density at radius 3 is 3.00 bits per heavy atom. The Morgan fingerprint density at radius 1 is 1.50 bits per heavy atom. The molecule has 1 aromatic heterocycles. The fourth-order valence-electron chi connectivity index (χ4n) is 2.07. The van der Waals surface area contributed by atoms with E-state index in [4.69, 9.17) is 11.6 Å². The number of aryl methyl sites for hydroxylation is 1. The summed E-state index contributed by atoms with van der Waals surface area (Å²) in [6.45, 7) is 3.37. The summed E-state index contributed by atoms with van der Waals surface area (Å²) < 4.78 is 3.17. The maximum absolute atomic E-state index is 11.7. The number of hydrogen-bond donors (Lipinski definition) is 1. The van der Waals surface area contributed by atoms with Gasteiger partial charge in [-0.1, -0.05) is 6.92 Å². The Labute approximate surface area is 137 Å². The van der Waals surface area contributed by atoms with Crippen molar-refractivity contribution in [2.75, 3.05) is 6.54 Å². The maximum atomic E-state index is 11.7. The van der Waals surface area contributed by atoms with Gasteiger partial charge in [-0.25, -0.2) is 4.98 Å². The standard InChI is InChI=1S/C14H17ClIN3O/c1-2-6-17-14(20)5-7-19-12-4-3-10(16)8-11(12)18-13(19)9-15/h3-4,8H,2,5-7,9H2,1H3,(H,17,20). The van der Waals surface area contributed by atoms with Gasteiger partial charge in [0.05, 0.1) is 16.9 Å². The van der Waals surface area contributed by atoms with Crippen LogP contribution in [0.2, 0.25) is 0 Å². The van der Waals surface area contributed by atoms with E-state index in [-0.39, 0.29) is 5.91 Å². The monoisotopic (exact) mass is 405 g/mol. The van der Waals surface area contributed by atoms with Crippen LogP contribution >= 0.6 is 34.2 Å². The highest BCUT2D eigenvalue weighted by Crippen LogP contribution is 2.20. The second-order valence-corrected chi connectivity index (χ2v) is 6.06. The molecule has 6 heteroatoms. The quantitative estimate of drug-likeness (QED) is 0.592. The van der Waals surface area contributed by atoms with Gasteiger partial charge in [0.25, 0.3) is 0 Å². The minimum Gasteiger partial charge on any atom is -0.356 e. The molecule has 0 saturated carbocycles. The number of alkyl halides is 1. The van der Waals surface area contributed by atoms with E-state index in [0.29, 0.717) is 18.8 Å². The summed E-state index contributed by atoms with van der Waals surface area (Å²) in [6, 6.07) is 6.10. The number of fused-ring (bicyclic) bond motifs is 1. The first-order valence-electron chi connectivity index (χ1n) is 6.63. The van der Waals surface area contributed by atoms with Crippen molar-refractivity contribution in [3.63, 3.8) is 0 Å². The zero-order chi connectivity index (χ0) is 14.5. The van der Waals surface area contributed by atoms with Crippen LogP contribution in [-0.2, 0) is 17.2 Å². The molecule has 0 atom stereocenters. The Hall–Kier alpha value is -0.820. The Kier molecular flexibility index (Phi) is 5.65. The summed E-state index contributed by atoms with van der Waals surface area (Å²) in [6.07, 6.45) is 1.40. The third-order valence-electron chi connectivity index (χ3n) is 3.04. The van der Waals surface area contributed by atoms with Crippen molar-refractivity contribution in [1.29, 1.82) is 0 Å². The number of hydrogen-bond acceptors (Lipinski definition) is 2. The van der Waals surface area contributed by atoms with E-state index >= 15 is 0 Å². The Morgan fingerprint density at radius 2 is 2.30 bits per heavy atom. The third kappa shape index (κ3) is 3.63. The van der Waals surface area contributed by atoms with E-state index in [9.17, 15) is 4.79 Å². The number of nitrogens with zero attached hydrogens (tertiary/aromatic N) is 2. The smallest absolute Gasteiger partial charge is 0.221 e. The van der Waals surface area contributed by atoms with Crippen molar-refractivity contribution in [2.24, 2.45) is 0 Å². The van der Waals surface area contributed by atoms with Crippen LogP contribution in [0.1, 0.15) is 25.6 Å².